The van der Waals surface area contributed by atoms with Gasteiger partial charge in [-0.1, -0.05) is 18.2 Å². The zero-order chi connectivity index (χ0) is 17.1. The molecule has 1 N–H and O–H groups in total. The Bertz CT molecular complexity index is 827. The van der Waals surface area contributed by atoms with Crippen molar-refractivity contribution in [3.8, 4) is 0 Å². The van der Waals surface area contributed by atoms with Crippen molar-refractivity contribution in [1.29, 1.82) is 0 Å². The van der Waals surface area contributed by atoms with Gasteiger partial charge in [0, 0.05) is 18.3 Å². The lowest BCUT2D eigenvalue weighted by Gasteiger charge is -2.28. The van der Waals surface area contributed by atoms with Crippen LogP contribution >= 0.6 is 0 Å². The molecule has 1 aliphatic carbocycles. The molecule has 3 heterocycles. The van der Waals surface area contributed by atoms with Crippen LogP contribution in [0.25, 0.3) is 0 Å². The topological polar surface area (TPSA) is 70.7 Å². The third-order valence-electron chi connectivity index (χ3n) is 4.72. The molecule has 0 radical (unpaired) electrons. The van der Waals surface area contributed by atoms with Gasteiger partial charge in [0.2, 0.25) is 0 Å². The summed E-state index contributed by atoms with van der Waals surface area (Å²) >= 11 is 0. The number of nitrogens with zero attached hydrogens (tertiary/aromatic N) is 4. The number of hydrogen-bond acceptors (Lipinski definition) is 5. The van der Waals surface area contributed by atoms with E-state index in [1.165, 1.54) is 0 Å². The van der Waals surface area contributed by atoms with Crippen molar-refractivity contribution in [2.45, 2.75) is 31.8 Å². The van der Waals surface area contributed by atoms with Crippen LogP contribution in [0.5, 0.6) is 0 Å². The zero-order valence-electron chi connectivity index (χ0n) is 13.9. The van der Waals surface area contributed by atoms with E-state index in [-0.39, 0.29) is 12.0 Å². The molecule has 2 aromatic rings. The smallest absolute Gasteiger partial charge is 0.115 e. The summed E-state index contributed by atoms with van der Waals surface area (Å²) in [6.45, 7) is 0. The van der Waals surface area contributed by atoms with E-state index in [4.69, 9.17) is 0 Å². The highest BCUT2D eigenvalue weighted by molar-refractivity contribution is 6.19. The SMILES string of the molecule is O[C@H]1CCC=C2C(c3ccccn3)=NN=C(c3ccccn3)C2CC1. The van der Waals surface area contributed by atoms with Crippen LogP contribution in [0.15, 0.2) is 70.6 Å². The maximum absolute atomic E-state index is 10.1. The molecule has 0 saturated heterocycles. The number of aliphatic hydroxyl groups excluding tert-OH is 1. The summed E-state index contributed by atoms with van der Waals surface area (Å²) in [5, 5.41) is 19.1. The monoisotopic (exact) mass is 332 g/mol. The van der Waals surface area contributed by atoms with Crippen molar-refractivity contribution in [3.05, 3.63) is 71.8 Å². The van der Waals surface area contributed by atoms with Crippen LogP contribution in [0.1, 0.15) is 37.1 Å². The second kappa shape index (κ2) is 7.07. The van der Waals surface area contributed by atoms with Gasteiger partial charge in [0.15, 0.2) is 0 Å². The predicted molar refractivity (Wildman–Crippen MR) is 97.6 cm³/mol. The van der Waals surface area contributed by atoms with Gasteiger partial charge in [-0.25, -0.2) is 0 Å². The highest BCUT2D eigenvalue weighted by Crippen LogP contribution is 2.32. The Kier molecular flexibility index (Phi) is 4.48. The minimum atomic E-state index is -0.264. The van der Waals surface area contributed by atoms with Gasteiger partial charge in [-0.05, 0) is 55.5 Å². The van der Waals surface area contributed by atoms with Gasteiger partial charge < -0.3 is 5.11 Å². The third kappa shape index (κ3) is 3.28. The van der Waals surface area contributed by atoms with Crippen LogP contribution in [0.2, 0.25) is 0 Å². The lowest BCUT2D eigenvalue weighted by atomic mass is 9.80. The van der Waals surface area contributed by atoms with Crippen LogP contribution < -0.4 is 0 Å². The summed E-state index contributed by atoms with van der Waals surface area (Å²) in [6.07, 6.45) is 8.67. The van der Waals surface area contributed by atoms with Crippen molar-refractivity contribution in [2.75, 3.05) is 0 Å². The van der Waals surface area contributed by atoms with Crippen molar-refractivity contribution in [3.63, 3.8) is 0 Å². The number of aliphatic hydroxyl groups is 1. The Morgan fingerprint density at radius 2 is 1.60 bits per heavy atom. The quantitative estimate of drug-likeness (QED) is 0.918. The lowest BCUT2D eigenvalue weighted by molar-refractivity contribution is 0.149. The van der Waals surface area contributed by atoms with Crippen LogP contribution in [0.3, 0.4) is 0 Å². The van der Waals surface area contributed by atoms with E-state index in [0.29, 0.717) is 0 Å². The first-order valence-electron chi connectivity index (χ1n) is 8.70. The molecule has 0 amide bonds. The van der Waals surface area contributed by atoms with Gasteiger partial charge >= 0.3 is 0 Å². The molecule has 0 aromatic carbocycles. The van der Waals surface area contributed by atoms with E-state index < -0.39 is 0 Å². The van der Waals surface area contributed by atoms with Gasteiger partial charge in [0.25, 0.3) is 0 Å². The Morgan fingerprint density at radius 3 is 2.32 bits per heavy atom. The lowest BCUT2D eigenvalue weighted by Crippen LogP contribution is -2.30. The van der Waals surface area contributed by atoms with Gasteiger partial charge in [-0.15, -0.1) is 5.10 Å². The molecule has 0 fully saturated rings. The van der Waals surface area contributed by atoms with E-state index in [2.05, 4.69) is 26.2 Å². The van der Waals surface area contributed by atoms with Crippen molar-refractivity contribution >= 4 is 11.4 Å². The van der Waals surface area contributed by atoms with Gasteiger partial charge in [-0.3, -0.25) is 9.97 Å². The first kappa shape index (κ1) is 15.8. The summed E-state index contributed by atoms with van der Waals surface area (Å²) in [7, 11) is 0. The second-order valence-corrected chi connectivity index (χ2v) is 6.38. The van der Waals surface area contributed by atoms with Gasteiger partial charge in [-0.2, -0.15) is 5.10 Å². The Labute approximate surface area is 146 Å². The van der Waals surface area contributed by atoms with Crippen LogP contribution in [-0.4, -0.2) is 32.6 Å². The van der Waals surface area contributed by atoms with E-state index in [1.54, 1.807) is 12.4 Å². The molecule has 2 aromatic heterocycles. The Morgan fingerprint density at radius 1 is 0.840 bits per heavy atom. The molecule has 5 heteroatoms. The summed E-state index contributed by atoms with van der Waals surface area (Å²) in [5.41, 5.74) is 4.55. The molecule has 1 unspecified atom stereocenters. The summed E-state index contributed by atoms with van der Waals surface area (Å²) in [4.78, 5) is 8.91. The molecule has 0 spiro atoms. The molecule has 0 bridgehead atoms. The van der Waals surface area contributed by atoms with Crippen molar-refractivity contribution in [2.24, 2.45) is 16.1 Å². The highest BCUT2D eigenvalue weighted by atomic mass is 16.3. The van der Waals surface area contributed by atoms with E-state index in [9.17, 15) is 5.11 Å². The molecule has 5 nitrogen and oxygen atoms in total. The maximum atomic E-state index is 10.1. The fourth-order valence-electron chi connectivity index (χ4n) is 3.46. The third-order valence-corrected chi connectivity index (χ3v) is 4.72. The first-order valence-corrected chi connectivity index (χ1v) is 8.70. The summed E-state index contributed by atoms with van der Waals surface area (Å²) < 4.78 is 0. The number of fused-ring (bicyclic) bond motifs is 1. The van der Waals surface area contributed by atoms with Crippen LogP contribution in [0.4, 0.5) is 0 Å². The molecule has 4 rings (SSSR count). The molecule has 2 atom stereocenters. The van der Waals surface area contributed by atoms with E-state index in [0.717, 1.165) is 54.1 Å². The molecule has 126 valence electrons. The standard InChI is InChI=1S/C20H20N4O/c25-14-6-5-7-15-16(11-10-14)20(18-9-2-4-13-22-18)24-23-19(15)17-8-1-3-12-21-17/h1-4,7-9,12-14,16,25H,5-6,10-11H2/t14-,16?/m0/s1. The van der Waals surface area contributed by atoms with Crippen molar-refractivity contribution in [1.82, 2.24) is 9.97 Å². The van der Waals surface area contributed by atoms with Crippen LogP contribution in [-0.2, 0) is 0 Å². The number of pyridine rings is 2. The molecule has 0 saturated carbocycles. The van der Waals surface area contributed by atoms with E-state index in [1.807, 2.05) is 36.4 Å². The van der Waals surface area contributed by atoms with Crippen LogP contribution in [0, 0.1) is 5.92 Å². The Hall–Kier alpha value is -2.66. The fourth-order valence-corrected chi connectivity index (χ4v) is 3.46. The number of rotatable bonds is 2. The molecular formula is C20H20N4O. The molecule has 2 aliphatic rings. The minimum Gasteiger partial charge on any atom is -0.393 e. The summed E-state index contributed by atoms with van der Waals surface area (Å²) in [5.74, 6) is 0.0827. The van der Waals surface area contributed by atoms with Gasteiger partial charge in [0.05, 0.1) is 23.2 Å². The largest absolute Gasteiger partial charge is 0.393 e. The first-order chi connectivity index (χ1) is 12.3. The highest BCUT2D eigenvalue weighted by Gasteiger charge is 2.32. The molecule has 1 aliphatic heterocycles. The normalized spacial score (nSPS) is 23.5. The fraction of sp³-hybridized carbons (Fsp3) is 0.300. The summed E-state index contributed by atoms with van der Waals surface area (Å²) in [6, 6.07) is 11.7. The maximum Gasteiger partial charge on any atom is 0.115 e. The molecule has 25 heavy (non-hydrogen) atoms. The Balaban J connectivity index is 1.82. The van der Waals surface area contributed by atoms with E-state index >= 15 is 0 Å². The predicted octanol–water partition coefficient (Wildman–Crippen LogP) is 3.16. The second-order valence-electron chi connectivity index (χ2n) is 6.38. The molecular weight excluding hydrogens is 312 g/mol. The number of allylic oxidation sites excluding steroid dienone is 2. The zero-order valence-corrected chi connectivity index (χ0v) is 13.9. The minimum absolute atomic E-state index is 0.0827. The van der Waals surface area contributed by atoms with Gasteiger partial charge in [0.1, 0.15) is 5.71 Å². The average molecular weight is 332 g/mol. The average Bonchev–Trinajstić information content (AvgIpc) is 2.66. The number of hydrogen-bond donors (Lipinski definition) is 1. The van der Waals surface area contributed by atoms with Crippen molar-refractivity contribution < 1.29 is 5.11 Å². The number of aromatic nitrogens is 2.